The predicted octanol–water partition coefficient (Wildman–Crippen LogP) is 7.06. The molecule has 0 amide bonds. The Balaban J connectivity index is 1.59. The zero-order valence-electron chi connectivity index (χ0n) is 21.9. The average molecular weight is 441 g/mol. The molecule has 32 heavy (non-hydrogen) atoms. The molecule has 0 heterocycles. The van der Waals surface area contributed by atoms with Crippen LogP contribution >= 0.6 is 0 Å². The van der Waals surface area contributed by atoms with Crippen molar-refractivity contribution in [1.82, 2.24) is 0 Å². The first-order valence-corrected chi connectivity index (χ1v) is 13.5. The van der Waals surface area contributed by atoms with Gasteiger partial charge in [-0.25, -0.2) is 0 Å². The van der Waals surface area contributed by atoms with Gasteiger partial charge < -0.3 is 10.2 Å². The maximum absolute atomic E-state index is 10.8. The van der Waals surface area contributed by atoms with Crippen molar-refractivity contribution in [3.63, 3.8) is 0 Å². The van der Waals surface area contributed by atoms with Crippen LogP contribution in [0.15, 0.2) is 23.3 Å². The standard InChI is InChI=1S/C30H48O2/c1-25(2)22-9-8-21-20(28(22,5)12-11-24(25)32)10-13-30(7)23-18-26(3,19-31)14-15-27(23,4)16-17-29(21,30)6/h8-9,22-24,31-32H,10-19H2,1-7H3/t22-,23-,24-,26-,27-,28-,29-,30+/m1/s1. The second-order valence-corrected chi connectivity index (χ2v) is 14.7. The van der Waals surface area contributed by atoms with Crippen molar-refractivity contribution >= 4 is 0 Å². The van der Waals surface area contributed by atoms with Gasteiger partial charge in [0.05, 0.1) is 6.10 Å². The number of rotatable bonds is 1. The summed E-state index contributed by atoms with van der Waals surface area (Å²) >= 11 is 0. The molecule has 5 rings (SSSR count). The van der Waals surface area contributed by atoms with Crippen molar-refractivity contribution in [3.8, 4) is 0 Å². The van der Waals surface area contributed by atoms with E-state index in [0.29, 0.717) is 23.9 Å². The average Bonchev–Trinajstić information content (AvgIpc) is 2.74. The van der Waals surface area contributed by atoms with Gasteiger partial charge >= 0.3 is 0 Å². The van der Waals surface area contributed by atoms with Crippen LogP contribution in [0.1, 0.15) is 106 Å². The third kappa shape index (κ3) is 2.72. The van der Waals surface area contributed by atoms with Gasteiger partial charge in [0.15, 0.2) is 0 Å². The Kier molecular flexibility index (Phi) is 4.88. The molecule has 3 fully saturated rings. The van der Waals surface area contributed by atoms with Crippen LogP contribution in [0.3, 0.4) is 0 Å². The van der Waals surface area contributed by atoms with E-state index in [4.69, 9.17) is 0 Å². The molecule has 0 aliphatic heterocycles. The van der Waals surface area contributed by atoms with Crippen LogP contribution in [0.25, 0.3) is 0 Å². The van der Waals surface area contributed by atoms with E-state index in [9.17, 15) is 10.2 Å². The van der Waals surface area contributed by atoms with Crippen LogP contribution in [-0.2, 0) is 0 Å². The quantitative estimate of drug-likeness (QED) is 0.458. The minimum atomic E-state index is -0.203. The van der Waals surface area contributed by atoms with Gasteiger partial charge in [0.25, 0.3) is 0 Å². The van der Waals surface area contributed by atoms with Gasteiger partial charge in [0, 0.05) is 6.61 Å². The molecule has 5 aliphatic rings. The van der Waals surface area contributed by atoms with Crippen LogP contribution in [0.5, 0.6) is 0 Å². The monoisotopic (exact) mass is 440 g/mol. The highest BCUT2D eigenvalue weighted by Crippen LogP contribution is 2.74. The molecule has 0 spiro atoms. The Morgan fingerprint density at radius 2 is 1.59 bits per heavy atom. The summed E-state index contributed by atoms with van der Waals surface area (Å²) in [4.78, 5) is 0. The van der Waals surface area contributed by atoms with Crippen molar-refractivity contribution in [3.05, 3.63) is 23.3 Å². The number of aliphatic hydroxyl groups is 2. The highest BCUT2D eigenvalue weighted by atomic mass is 16.3. The van der Waals surface area contributed by atoms with Crippen LogP contribution in [-0.4, -0.2) is 22.9 Å². The van der Waals surface area contributed by atoms with Crippen molar-refractivity contribution in [2.45, 2.75) is 112 Å². The van der Waals surface area contributed by atoms with Gasteiger partial charge in [-0.15, -0.1) is 0 Å². The number of aliphatic hydroxyl groups excluding tert-OH is 2. The first kappa shape index (κ1) is 23.2. The molecule has 3 saturated carbocycles. The van der Waals surface area contributed by atoms with E-state index in [1.807, 2.05) is 0 Å². The summed E-state index contributed by atoms with van der Waals surface area (Å²) in [6.07, 6.45) is 15.6. The van der Waals surface area contributed by atoms with Gasteiger partial charge in [0.2, 0.25) is 0 Å². The Labute approximate surface area is 197 Å². The molecule has 2 nitrogen and oxygen atoms in total. The largest absolute Gasteiger partial charge is 0.396 e. The number of fused-ring (bicyclic) bond motifs is 6. The number of hydrogen-bond acceptors (Lipinski definition) is 2. The lowest BCUT2D eigenvalue weighted by Crippen LogP contribution is -2.60. The van der Waals surface area contributed by atoms with Crippen molar-refractivity contribution < 1.29 is 10.2 Å². The molecule has 5 aliphatic carbocycles. The number of hydrogen-bond donors (Lipinski definition) is 2. The molecule has 2 heteroatoms. The van der Waals surface area contributed by atoms with Gasteiger partial charge in [-0.1, -0.05) is 66.2 Å². The molecule has 0 bridgehead atoms. The summed E-state index contributed by atoms with van der Waals surface area (Å²) < 4.78 is 0. The zero-order chi connectivity index (χ0) is 23.4. The van der Waals surface area contributed by atoms with Gasteiger partial charge in [-0.3, -0.25) is 0 Å². The summed E-state index contributed by atoms with van der Waals surface area (Å²) in [7, 11) is 0. The molecule has 180 valence electrons. The molecule has 0 aromatic carbocycles. The maximum Gasteiger partial charge on any atom is 0.0597 e. The molecule has 0 radical (unpaired) electrons. The van der Waals surface area contributed by atoms with Crippen LogP contribution < -0.4 is 0 Å². The van der Waals surface area contributed by atoms with Gasteiger partial charge in [0.1, 0.15) is 0 Å². The summed E-state index contributed by atoms with van der Waals surface area (Å²) in [6, 6.07) is 0. The van der Waals surface area contributed by atoms with Crippen LogP contribution in [0.4, 0.5) is 0 Å². The van der Waals surface area contributed by atoms with Crippen LogP contribution in [0, 0.1) is 44.3 Å². The third-order valence-corrected chi connectivity index (χ3v) is 12.7. The highest BCUT2D eigenvalue weighted by Gasteiger charge is 2.65. The second kappa shape index (κ2) is 6.75. The Morgan fingerprint density at radius 3 is 2.28 bits per heavy atom. The predicted molar refractivity (Wildman–Crippen MR) is 132 cm³/mol. The van der Waals surface area contributed by atoms with Gasteiger partial charge in [-0.05, 0) is 108 Å². The van der Waals surface area contributed by atoms with Crippen LogP contribution in [0.2, 0.25) is 0 Å². The lowest BCUT2D eigenvalue weighted by atomic mass is 9.36. The fourth-order valence-corrected chi connectivity index (χ4v) is 9.85. The molecular formula is C30H48O2. The van der Waals surface area contributed by atoms with Crippen molar-refractivity contribution in [2.24, 2.45) is 44.3 Å². The number of allylic oxidation sites excluding steroid dienone is 4. The van der Waals surface area contributed by atoms with E-state index in [0.717, 1.165) is 12.8 Å². The Morgan fingerprint density at radius 1 is 0.906 bits per heavy atom. The van der Waals surface area contributed by atoms with E-state index in [-0.39, 0.29) is 33.2 Å². The zero-order valence-corrected chi connectivity index (χ0v) is 21.9. The van der Waals surface area contributed by atoms with Crippen molar-refractivity contribution in [2.75, 3.05) is 6.61 Å². The highest BCUT2D eigenvalue weighted by molar-refractivity contribution is 5.46. The molecule has 8 atom stereocenters. The minimum Gasteiger partial charge on any atom is -0.396 e. The molecule has 0 saturated heterocycles. The maximum atomic E-state index is 10.8. The van der Waals surface area contributed by atoms with E-state index < -0.39 is 0 Å². The second-order valence-electron chi connectivity index (χ2n) is 14.7. The fraction of sp³-hybridized carbons (Fsp3) is 0.867. The topological polar surface area (TPSA) is 40.5 Å². The molecule has 0 unspecified atom stereocenters. The van der Waals surface area contributed by atoms with E-state index in [1.165, 1.54) is 44.9 Å². The lowest BCUT2D eigenvalue weighted by molar-refractivity contribution is -0.154. The SMILES string of the molecule is CC1(C)[C@H](O)CC[C@]2(C)C3=C(C=C[C@H]12)[C@@]1(C)CC[C@@]2(C)CC[C@@](C)(CO)C[C@H]2[C@]1(C)CC3. The molecule has 0 aromatic heterocycles. The minimum absolute atomic E-state index is 0.0683. The Hall–Kier alpha value is -0.600. The van der Waals surface area contributed by atoms with Gasteiger partial charge in [-0.2, -0.15) is 0 Å². The first-order valence-electron chi connectivity index (χ1n) is 13.5. The summed E-state index contributed by atoms with van der Waals surface area (Å²) in [5.41, 5.74) is 4.51. The Bertz CT molecular complexity index is 868. The van der Waals surface area contributed by atoms with E-state index >= 15 is 0 Å². The smallest absolute Gasteiger partial charge is 0.0597 e. The summed E-state index contributed by atoms with van der Waals surface area (Å²) in [5, 5.41) is 21.1. The normalized spacial score (nSPS) is 54.3. The van der Waals surface area contributed by atoms with E-state index in [2.05, 4.69) is 60.6 Å². The first-order chi connectivity index (χ1) is 14.8. The summed E-state index contributed by atoms with van der Waals surface area (Å²) in [5.74, 6) is 1.10. The summed E-state index contributed by atoms with van der Waals surface area (Å²) in [6.45, 7) is 17.5. The van der Waals surface area contributed by atoms with Crippen molar-refractivity contribution in [1.29, 1.82) is 0 Å². The van der Waals surface area contributed by atoms with E-state index in [1.54, 1.807) is 11.1 Å². The molecule has 2 N–H and O–H groups in total. The molecular weight excluding hydrogens is 392 g/mol. The fourth-order valence-electron chi connectivity index (χ4n) is 9.85. The third-order valence-electron chi connectivity index (χ3n) is 12.7. The molecule has 0 aromatic rings. The lowest BCUT2D eigenvalue weighted by Gasteiger charge is -2.69.